The zero-order valence-electron chi connectivity index (χ0n) is 12.1. The topological polar surface area (TPSA) is 56.5 Å². The maximum Gasteiger partial charge on any atom is 0.161 e. The van der Waals surface area contributed by atoms with Gasteiger partial charge in [-0.2, -0.15) is 0 Å². The first-order valence-corrected chi connectivity index (χ1v) is 7.63. The van der Waals surface area contributed by atoms with E-state index in [-0.39, 0.29) is 0 Å². The van der Waals surface area contributed by atoms with E-state index < -0.39 is 0 Å². The summed E-state index contributed by atoms with van der Waals surface area (Å²) in [5.41, 5.74) is 7.30. The highest BCUT2D eigenvalue weighted by Gasteiger charge is 2.21. The van der Waals surface area contributed by atoms with Gasteiger partial charge in [-0.1, -0.05) is 12.5 Å². The summed E-state index contributed by atoms with van der Waals surface area (Å²) < 4.78 is 11.2. The molecule has 1 saturated carbocycles. The Balaban J connectivity index is 1.66. The summed E-state index contributed by atoms with van der Waals surface area (Å²) >= 11 is 0. The minimum Gasteiger partial charge on any atom is -0.486 e. The van der Waals surface area contributed by atoms with Gasteiger partial charge in [0, 0.05) is 18.1 Å². The van der Waals surface area contributed by atoms with Crippen LogP contribution in [0.2, 0.25) is 0 Å². The number of rotatable bonds is 3. The summed E-state index contributed by atoms with van der Waals surface area (Å²) in [4.78, 5) is 0. The Labute approximate surface area is 120 Å². The number of hydrogen-bond donors (Lipinski definition) is 2. The summed E-state index contributed by atoms with van der Waals surface area (Å²) in [5, 5.41) is 3.70. The van der Waals surface area contributed by atoms with Crippen molar-refractivity contribution in [2.24, 2.45) is 5.73 Å². The smallest absolute Gasteiger partial charge is 0.161 e. The second-order valence-corrected chi connectivity index (χ2v) is 5.92. The second-order valence-electron chi connectivity index (χ2n) is 5.92. The van der Waals surface area contributed by atoms with Crippen molar-refractivity contribution in [1.29, 1.82) is 0 Å². The fourth-order valence-corrected chi connectivity index (χ4v) is 3.16. The highest BCUT2D eigenvalue weighted by molar-refractivity contribution is 5.44. The predicted molar refractivity (Wildman–Crippen MR) is 79.2 cm³/mol. The zero-order chi connectivity index (χ0) is 13.9. The SMILES string of the molecule is CC(NC1CCCC(N)C1)c1ccc2c(c1)OCCO2. The molecule has 3 unspecified atom stereocenters. The van der Waals surface area contributed by atoms with Crippen molar-refractivity contribution in [1.82, 2.24) is 5.32 Å². The van der Waals surface area contributed by atoms with E-state index in [0.29, 0.717) is 31.3 Å². The fourth-order valence-electron chi connectivity index (χ4n) is 3.16. The van der Waals surface area contributed by atoms with E-state index in [0.717, 1.165) is 24.3 Å². The fraction of sp³-hybridized carbons (Fsp3) is 0.625. The Hall–Kier alpha value is -1.26. The van der Waals surface area contributed by atoms with Crippen molar-refractivity contribution in [3.05, 3.63) is 23.8 Å². The molecule has 20 heavy (non-hydrogen) atoms. The molecule has 0 bridgehead atoms. The standard InChI is InChI=1S/C16H24N2O2/c1-11(18-14-4-2-3-13(17)10-14)12-5-6-15-16(9-12)20-8-7-19-15/h5-6,9,11,13-14,18H,2-4,7-8,10,17H2,1H3. The molecule has 4 heteroatoms. The molecule has 4 nitrogen and oxygen atoms in total. The first-order valence-electron chi connectivity index (χ1n) is 7.63. The van der Waals surface area contributed by atoms with Gasteiger partial charge in [0.2, 0.25) is 0 Å². The van der Waals surface area contributed by atoms with Crippen LogP contribution in [0, 0.1) is 0 Å². The van der Waals surface area contributed by atoms with Crippen LogP contribution < -0.4 is 20.5 Å². The number of benzene rings is 1. The largest absolute Gasteiger partial charge is 0.486 e. The molecule has 1 fully saturated rings. The molecule has 0 spiro atoms. The summed E-state index contributed by atoms with van der Waals surface area (Å²) in [6.45, 7) is 3.47. The van der Waals surface area contributed by atoms with Crippen LogP contribution in [-0.4, -0.2) is 25.3 Å². The summed E-state index contributed by atoms with van der Waals surface area (Å²) in [6, 6.07) is 7.41. The lowest BCUT2D eigenvalue weighted by Crippen LogP contribution is -2.40. The third-order valence-corrected chi connectivity index (χ3v) is 4.27. The highest BCUT2D eigenvalue weighted by atomic mass is 16.6. The first kappa shape index (κ1) is 13.7. The number of nitrogens with one attached hydrogen (secondary N) is 1. The molecular formula is C16H24N2O2. The van der Waals surface area contributed by atoms with Gasteiger partial charge in [-0.05, 0) is 43.9 Å². The van der Waals surface area contributed by atoms with E-state index in [9.17, 15) is 0 Å². The molecule has 3 N–H and O–H groups in total. The third-order valence-electron chi connectivity index (χ3n) is 4.27. The number of fused-ring (bicyclic) bond motifs is 1. The van der Waals surface area contributed by atoms with Crippen LogP contribution in [-0.2, 0) is 0 Å². The molecule has 0 saturated heterocycles. The monoisotopic (exact) mass is 276 g/mol. The van der Waals surface area contributed by atoms with Crippen molar-refractivity contribution >= 4 is 0 Å². The molecule has 0 radical (unpaired) electrons. The highest BCUT2D eigenvalue weighted by Crippen LogP contribution is 2.33. The summed E-state index contributed by atoms with van der Waals surface area (Å²) in [7, 11) is 0. The summed E-state index contributed by atoms with van der Waals surface area (Å²) in [5.74, 6) is 1.72. The maximum absolute atomic E-state index is 6.05. The Morgan fingerprint density at radius 3 is 2.80 bits per heavy atom. The van der Waals surface area contributed by atoms with Crippen molar-refractivity contribution in [2.75, 3.05) is 13.2 Å². The molecule has 3 rings (SSSR count). The molecule has 0 aromatic heterocycles. The number of ether oxygens (including phenoxy) is 2. The average molecular weight is 276 g/mol. The van der Waals surface area contributed by atoms with Crippen molar-refractivity contribution < 1.29 is 9.47 Å². The Kier molecular flexibility index (Phi) is 4.13. The van der Waals surface area contributed by atoms with Crippen LogP contribution in [0.3, 0.4) is 0 Å². The van der Waals surface area contributed by atoms with Gasteiger partial charge < -0.3 is 20.5 Å². The van der Waals surface area contributed by atoms with Gasteiger partial charge in [-0.25, -0.2) is 0 Å². The normalized spacial score (nSPS) is 27.1. The van der Waals surface area contributed by atoms with Crippen LogP contribution in [0.25, 0.3) is 0 Å². The molecular weight excluding hydrogens is 252 g/mol. The second kappa shape index (κ2) is 6.02. The van der Waals surface area contributed by atoms with E-state index in [1.165, 1.54) is 18.4 Å². The average Bonchev–Trinajstić information content (AvgIpc) is 2.47. The molecule has 1 heterocycles. The lowest BCUT2D eigenvalue weighted by molar-refractivity contribution is 0.171. The molecule has 1 aromatic rings. The molecule has 1 aromatic carbocycles. The van der Waals surface area contributed by atoms with Crippen molar-refractivity contribution in [3.63, 3.8) is 0 Å². The van der Waals surface area contributed by atoms with Gasteiger partial charge in [0.05, 0.1) is 0 Å². The van der Waals surface area contributed by atoms with Gasteiger partial charge in [-0.3, -0.25) is 0 Å². The minimum absolute atomic E-state index is 0.307. The summed E-state index contributed by atoms with van der Waals surface area (Å²) in [6.07, 6.45) is 4.70. The molecule has 110 valence electrons. The molecule has 1 aliphatic carbocycles. The molecule has 0 amide bonds. The number of hydrogen-bond acceptors (Lipinski definition) is 4. The van der Waals surface area contributed by atoms with Gasteiger partial charge in [0.15, 0.2) is 11.5 Å². The van der Waals surface area contributed by atoms with Crippen molar-refractivity contribution in [3.8, 4) is 11.5 Å². The lowest BCUT2D eigenvalue weighted by Gasteiger charge is -2.30. The zero-order valence-corrected chi connectivity index (χ0v) is 12.1. The third kappa shape index (κ3) is 3.07. The van der Waals surface area contributed by atoms with Gasteiger partial charge >= 0.3 is 0 Å². The van der Waals surface area contributed by atoms with E-state index in [2.05, 4.69) is 24.4 Å². The molecule has 3 atom stereocenters. The van der Waals surface area contributed by atoms with Crippen molar-refractivity contribution in [2.45, 2.75) is 50.7 Å². The Morgan fingerprint density at radius 1 is 1.20 bits per heavy atom. The lowest BCUT2D eigenvalue weighted by atomic mass is 9.90. The van der Waals surface area contributed by atoms with Gasteiger partial charge in [0.1, 0.15) is 13.2 Å². The van der Waals surface area contributed by atoms with Crippen LogP contribution in [0.1, 0.15) is 44.2 Å². The van der Waals surface area contributed by atoms with Gasteiger partial charge in [0.25, 0.3) is 0 Å². The Morgan fingerprint density at radius 2 is 2.00 bits per heavy atom. The van der Waals surface area contributed by atoms with Gasteiger partial charge in [-0.15, -0.1) is 0 Å². The predicted octanol–water partition coefficient (Wildman–Crippen LogP) is 2.38. The van der Waals surface area contributed by atoms with E-state index in [4.69, 9.17) is 15.2 Å². The molecule has 1 aliphatic heterocycles. The minimum atomic E-state index is 0.307. The quantitative estimate of drug-likeness (QED) is 0.890. The molecule has 2 aliphatic rings. The van der Waals surface area contributed by atoms with E-state index in [1.807, 2.05) is 6.07 Å². The van der Waals surface area contributed by atoms with E-state index in [1.54, 1.807) is 0 Å². The number of nitrogens with two attached hydrogens (primary N) is 1. The van der Waals surface area contributed by atoms with Crippen LogP contribution >= 0.6 is 0 Å². The first-order chi connectivity index (χ1) is 9.72. The Bertz CT molecular complexity index is 464. The van der Waals surface area contributed by atoms with Crippen LogP contribution in [0.4, 0.5) is 0 Å². The van der Waals surface area contributed by atoms with E-state index >= 15 is 0 Å². The van der Waals surface area contributed by atoms with Crippen LogP contribution in [0.15, 0.2) is 18.2 Å². The van der Waals surface area contributed by atoms with Crippen LogP contribution in [0.5, 0.6) is 11.5 Å². The maximum atomic E-state index is 6.05.